The molecule has 0 amide bonds. The molecule has 0 atom stereocenters. The maximum Gasteiger partial charge on any atom is 0.145 e. The molecule has 2 heterocycles. The summed E-state index contributed by atoms with van der Waals surface area (Å²) in [6, 6.07) is 7.47. The van der Waals surface area contributed by atoms with Crippen molar-refractivity contribution in [2.45, 2.75) is 20.8 Å². The third kappa shape index (κ3) is 2.32. The van der Waals surface area contributed by atoms with Gasteiger partial charge in [0.05, 0.1) is 15.7 Å². The fourth-order valence-corrected chi connectivity index (χ4v) is 3.54. The fraction of sp³-hybridized carbons (Fsp3) is 0.188. The molecule has 0 aliphatic carbocycles. The van der Waals surface area contributed by atoms with Crippen molar-refractivity contribution in [3.05, 3.63) is 56.3 Å². The molecule has 1 aromatic carbocycles. The van der Waals surface area contributed by atoms with E-state index in [1.165, 1.54) is 5.56 Å². The van der Waals surface area contributed by atoms with Crippen LogP contribution >= 0.6 is 34.8 Å². The van der Waals surface area contributed by atoms with Crippen LogP contribution < -0.4 is 0 Å². The molecule has 3 rings (SSSR count). The van der Waals surface area contributed by atoms with Gasteiger partial charge < -0.3 is 0 Å². The van der Waals surface area contributed by atoms with Crippen molar-refractivity contribution in [3.63, 3.8) is 0 Å². The van der Waals surface area contributed by atoms with Crippen LogP contribution in [-0.4, -0.2) is 9.55 Å². The summed E-state index contributed by atoms with van der Waals surface area (Å²) in [6.45, 7) is 6.07. The van der Waals surface area contributed by atoms with E-state index in [1.807, 2.05) is 24.5 Å². The molecule has 21 heavy (non-hydrogen) atoms. The highest BCUT2D eigenvalue weighted by molar-refractivity contribution is 6.40. The van der Waals surface area contributed by atoms with Gasteiger partial charge in [0.25, 0.3) is 0 Å². The lowest BCUT2D eigenvalue weighted by atomic mass is 10.2. The van der Waals surface area contributed by atoms with Gasteiger partial charge in [0.1, 0.15) is 5.65 Å². The van der Waals surface area contributed by atoms with Crippen LogP contribution in [0.2, 0.25) is 15.1 Å². The summed E-state index contributed by atoms with van der Waals surface area (Å²) in [4.78, 5) is 4.65. The van der Waals surface area contributed by atoms with Gasteiger partial charge in [0, 0.05) is 21.8 Å². The second kappa shape index (κ2) is 5.20. The Morgan fingerprint density at radius 2 is 1.57 bits per heavy atom. The predicted octanol–water partition coefficient (Wildman–Crippen LogP) is 5.91. The second-order valence-electron chi connectivity index (χ2n) is 5.09. The smallest absolute Gasteiger partial charge is 0.145 e. The zero-order valence-electron chi connectivity index (χ0n) is 11.8. The van der Waals surface area contributed by atoms with Crippen LogP contribution in [0, 0.1) is 20.8 Å². The first-order valence-corrected chi connectivity index (χ1v) is 7.63. The molecule has 0 unspecified atom stereocenters. The van der Waals surface area contributed by atoms with E-state index in [0.717, 1.165) is 28.1 Å². The van der Waals surface area contributed by atoms with Gasteiger partial charge in [0.2, 0.25) is 0 Å². The standard InChI is InChI=1S/C16H13Cl3N2/c1-8-4-5-12-9(2)10(3)21(16(12)20-8)15-13(18)6-11(17)7-14(15)19/h4-7H,1-3H3. The van der Waals surface area contributed by atoms with Gasteiger partial charge in [-0.3, -0.25) is 4.57 Å². The van der Waals surface area contributed by atoms with Crippen molar-refractivity contribution < 1.29 is 0 Å². The Kier molecular flexibility index (Phi) is 3.64. The minimum Gasteiger partial charge on any atom is -0.295 e. The summed E-state index contributed by atoms with van der Waals surface area (Å²) in [7, 11) is 0. The highest BCUT2D eigenvalue weighted by Gasteiger charge is 2.18. The number of hydrogen-bond donors (Lipinski definition) is 0. The minimum absolute atomic E-state index is 0.510. The van der Waals surface area contributed by atoms with Gasteiger partial charge in [-0.15, -0.1) is 0 Å². The van der Waals surface area contributed by atoms with Crippen LogP contribution in [-0.2, 0) is 0 Å². The number of hydrogen-bond acceptors (Lipinski definition) is 1. The summed E-state index contributed by atoms with van der Waals surface area (Å²) in [5.74, 6) is 0. The maximum atomic E-state index is 6.37. The van der Waals surface area contributed by atoms with Crippen molar-refractivity contribution >= 4 is 45.8 Å². The third-order valence-corrected chi connectivity index (χ3v) is 4.51. The summed E-state index contributed by atoms with van der Waals surface area (Å²) in [6.07, 6.45) is 0. The van der Waals surface area contributed by atoms with E-state index in [4.69, 9.17) is 34.8 Å². The average Bonchev–Trinajstić information content (AvgIpc) is 2.62. The van der Waals surface area contributed by atoms with E-state index < -0.39 is 0 Å². The number of benzene rings is 1. The lowest BCUT2D eigenvalue weighted by molar-refractivity contribution is 1.01. The first-order chi connectivity index (χ1) is 9.90. The molecule has 3 aromatic rings. The highest BCUT2D eigenvalue weighted by atomic mass is 35.5. The largest absolute Gasteiger partial charge is 0.295 e. The highest BCUT2D eigenvalue weighted by Crippen LogP contribution is 2.36. The quantitative estimate of drug-likeness (QED) is 0.539. The average molecular weight is 340 g/mol. The number of aromatic nitrogens is 2. The van der Waals surface area contributed by atoms with Gasteiger partial charge in [-0.25, -0.2) is 4.98 Å². The summed E-state index contributed by atoms with van der Waals surface area (Å²) in [5, 5.41) is 2.63. The van der Waals surface area contributed by atoms with Crippen molar-refractivity contribution in [2.75, 3.05) is 0 Å². The number of fused-ring (bicyclic) bond motifs is 1. The Labute approximate surface area is 138 Å². The Balaban J connectivity index is 2.46. The number of nitrogens with zero attached hydrogens (tertiary/aromatic N) is 2. The molecular formula is C16H13Cl3N2. The normalized spacial score (nSPS) is 11.3. The van der Waals surface area contributed by atoms with Gasteiger partial charge in [-0.05, 0) is 50.6 Å². The van der Waals surface area contributed by atoms with Gasteiger partial charge >= 0.3 is 0 Å². The predicted molar refractivity (Wildman–Crippen MR) is 90.3 cm³/mol. The summed E-state index contributed by atoms with van der Waals surface area (Å²) in [5.41, 5.74) is 4.75. The van der Waals surface area contributed by atoms with E-state index in [9.17, 15) is 0 Å². The van der Waals surface area contributed by atoms with Crippen LogP contribution in [0.3, 0.4) is 0 Å². The van der Waals surface area contributed by atoms with Crippen LogP contribution in [0.25, 0.3) is 16.7 Å². The number of pyridine rings is 1. The lowest BCUT2D eigenvalue weighted by Gasteiger charge is -2.13. The Bertz CT molecular complexity index is 843. The van der Waals surface area contributed by atoms with Gasteiger partial charge in [0.15, 0.2) is 0 Å². The minimum atomic E-state index is 0.510. The molecule has 0 saturated heterocycles. The SMILES string of the molecule is Cc1ccc2c(C)c(C)n(-c3c(Cl)cc(Cl)cc3Cl)c2n1. The molecule has 0 aliphatic heterocycles. The van der Waals surface area contributed by atoms with Crippen LogP contribution in [0.5, 0.6) is 0 Å². The van der Waals surface area contributed by atoms with Gasteiger partial charge in [-0.2, -0.15) is 0 Å². The molecule has 2 nitrogen and oxygen atoms in total. The topological polar surface area (TPSA) is 17.8 Å². The van der Waals surface area contributed by atoms with E-state index in [-0.39, 0.29) is 0 Å². The molecule has 0 bridgehead atoms. The van der Waals surface area contributed by atoms with Crippen molar-refractivity contribution in [1.82, 2.24) is 9.55 Å². The number of aryl methyl sites for hydroxylation is 2. The van der Waals surface area contributed by atoms with Crippen LogP contribution in [0.15, 0.2) is 24.3 Å². The molecular weight excluding hydrogens is 327 g/mol. The van der Waals surface area contributed by atoms with E-state index in [1.54, 1.807) is 12.1 Å². The molecule has 0 radical (unpaired) electrons. The molecule has 2 aromatic heterocycles. The molecule has 0 aliphatic rings. The van der Waals surface area contributed by atoms with Crippen molar-refractivity contribution in [2.24, 2.45) is 0 Å². The number of rotatable bonds is 1. The summed E-state index contributed by atoms with van der Waals surface area (Å²) >= 11 is 18.8. The fourth-order valence-electron chi connectivity index (χ4n) is 2.55. The van der Waals surface area contributed by atoms with Crippen LogP contribution in [0.1, 0.15) is 17.0 Å². The first-order valence-electron chi connectivity index (χ1n) is 6.50. The Hall–Kier alpha value is -1.22. The monoisotopic (exact) mass is 338 g/mol. The first kappa shape index (κ1) is 14.7. The van der Waals surface area contributed by atoms with Crippen LogP contribution in [0.4, 0.5) is 0 Å². The van der Waals surface area contributed by atoms with Crippen molar-refractivity contribution in [1.29, 1.82) is 0 Å². The maximum absolute atomic E-state index is 6.37. The molecule has 0 N–H and O–H groups in total. The zero-order valence-corrected chi connectivity index (χ0v) is 14.1. The number of halogens is 3. The zero-order chi connectivity index (χ0) is 15.3. The third-order valence-electron chi connectivity index (χ3n) is 3.71. The van der Waals surface area contributed by atoms with Crippen molar-refractivity contribution in [3.8, 4) is 5.69 Å². The van der Waals surface area contributed by atoms with Gasteiger partial charge in [-0.1, -0.05) is 34.8 Å². The Morgan fingerprint density at radius 1 is 0.952 bits per heavy atom. The molecule has 0 saturated carbocycles. The Morgan fingerprint density at radius 3 is 2.19 bits per heavy atom. The van der Waals surface area contributed by atoms with E-state index in [2.05, 4.69) is 18.0 Å². The van der Waals surface area contributed by atoms with E-state index in [0.29, 0.717) is 15.1 Å². The second-order valence-corrected chi connectivity index (χ2v) is 6.34. The summed E-state index contributed by atoms with van der Waals surface area (Å²) < 4.78 is 2.00. The van der Waals surface area contributed by atoms with E-state index >= 15 is 0 Å². The molecule has 0 spiro atoms. The lowest BCUT2D eigenvalue weighted by Crippen LogP contribution is -2.01. The molecule has 5 heteroatoms. The molecule has 0 fully saturated rings. The molecule has 108 valence electrons.